The zero-order chi connectivity index (χ0) is 23.3. The molecule has 9 heteroatoms. The molecule has 3 aromatic rings. The molecule has 1 heterocycles. The van der Waals surface area contributed by atoms with Crippen LogP contribution in [0.15, 0.2) is 47.6 Å². The Bertz CT molecular complexity index is 1130. The lowest BCUT2D eigenvalue weighted by molar-refractivity contribution is -0.144. The maximum Gasteiger partial charge on any atom is 0.344 e. The van der Waals surface area contributed by atoms with Gasteiger partial charge < -0.3 is 19.4 Å². The van der Waals surface area contributed by atoms with Crippen molar-refractivity contribution in [2.75, 3.05) is 0 Å². The second kappa shape index (κ2) is 10.2. The van der Waals surface area contributed by atoms with E-state index in [2.05, 4.69) is 10.3 Å². The Morgan fingerprint density at radius 3 is 2.59 bits per heavy atom. The van der Waals surface area contributed by atoms with Crippen LogP contribution in [0.1, 0.15) is 29.3 Å². The lowest BCUT2D eigenvalue weighted by atomic mass is 10.2. The van der Waals surface area contributed by atoms with Crippen LogP contribution in [0.5, 0.6) is 17.4 Å². The van der Waals surface area contributed by atoms with Crippen molar-refractivity contribution < 1.29 is 24.2 Å². The molecule has 0 radical (unpaired) electrons. The number of carboxylic acids is 1. The number of rotatable bonds is 9. The van der Waals surface area contributed by atoms with E-state index in [1.54, 1.807) is 17.8 Å². The molecule has 1 aromatic heterocycles. The van der Waals surface area contributed by atoms with Crippen molar-refractivity contribution >= 4 is 23.8 Å². The molecule has 0 aliphatic heterocycles. The van der Waals surface area contributed by atoms with Gasteiger partial charge in [0.15, 0.2) is 6.10 Å². The van der Waals surface area contributed by atoms with Crippen LogP contribution < -0.4 is 9.47 Å². The Labute approximate surface area is 191 Å². The minimum Gasteiger partial charge on any atom is -0.479 e. The first-order valence-electron chi connectivity index (χ1n) is 9.86. The highest BCUT2D eigenvalue weighted by molar-refractivity contribution is 6.32. The van der Waals surface area contributed by atoms with Crippen LogP contribution in [0.25, 0.3) is 0 Å². The summed E-state index contributed by atoms with van der Waals surface area (Å²) in [6.07, 6.45) is 0.391. The van der Waals surface area contributed by atoms with Gasteiger partial charge in [0.2, 0.25) is 5.88 Å². The summed E-state index contributed by atoms with van der Waals surface area (Å²) in [4.78, 5) is 16.6. The fourth-order valence-corrected chi connectivity index (χ4v) is 3.06. The standard InChI is InChI=1S/C23H24ClN3O5/c1-14-15(2)26-27(4)22(14)32-20-11-21(31-16(3)23(28)29)19(24)10-18(20)12-25-30-13-17-8-6-5-7-9-17/h5-12,16H,13H2,1-4H3,(H,28,29)/t16-/m0/s1. The van der Waals surface area contributed by atoms with E-state index in [0.29, 0.717) is 23.8 Å². The number of aryl methyl sites for hydroxylation is 2. The average Bonchev–Trinajstić information content (AvgIpc) is 3.00. The second-order valence-corrected chi connectivity index (χ2v) is 7.56. The molecule has 0 saturated carbocycles. The summed E-state index contributed by atoms with van der Waals surface area (Å²) in [5.74, 6) is -0.0425. The van der Waals surface area contributed by atoms with Crippen molar-refractivity contribution in [3.63, 3.8) is 0 Å². The summed E-state index contributed by atoms with van der Waals surface area (Å²) in [7, 11) is 1.77. The summed E-state index contributed by atoms with van der Waals surface area (Å²) in [6.45, 7) is 5.50. The highest BCUT2D eigenvalue weighted by Gasteiger charge is 2.19. The number of ether oxygens (including phenoxy) is 2. The van der Waals surface area contributed by atoms with Crippen LogP contribution in [0, 0.1) is 13.8 Å². The molecule has 0 unspecified atom stereocenters. The molecule has 32 heavy (non-hydrogen) atoms. The Hall–Kier alpha value is -3.52. The Morgan fingerprint density at radius 2 is 1.97 bits per heavy atom. The predicted molar refractivity (Wildman–Crippen MR) is 121 cm³/mol. The van der Waals surface area contributed by atoms with Crippen molar-refractivity contribution in [2.24, 2.45) is 12.2 Å². The number of carbonyl (C=O) groups is 1. The van der Waals surface area contributed by atoms with E-state index in [0.717, 1.165) is 16.8 Å². The molecule has 0 saturated heterocycles. The number of benzene rings is 2. The third-order valence-electron chi connectivity index (χ3n) is 4.72. The number of halogens is 1. The van der Waals surface area contributed by atoms with E-state index in [1.165, 1.54) is 19.2 Å². The smallest absolute Gasteiger partial charge is 0.344 e. The SMILES string of the molecule is Cc1nn(C)c(Oc2cc(O[C@@H](C)C(=O)O)c(Cl)cc2C=NOCc2ccccc2)c1C. The van der Waals surface area contributed by atoms with Crippen molar-refractivity contribution in [1.82, 2.24) is 9.78 Å². The molecular weight excluding hydrogens is 434 g/mol. The van der Waals surface area contributed by atoms with Gasteiger partial charge in [-0.15, -0.1) is 0 Å². The lowest BCUT2D eigenvalue weighted by Crippen LogP contribution is -2.23. The fraction of sp³-hybridized carbons (Fsp3) is 0.261. The highest BCUT2D eigenvalue weighted by atomic mass is 35.5. The molecule has 1 atom stereocenters. The molecule has 0 spiro atoms. The van der Waals surface area contributed by atoms with Crippen molar-refractivity contribution in [2.45, 2.75) is 33.5 Å². The highest BCUT2D eigenvalue weighted by Crippen LogP contribution is 2.36. The molecular formula is C23H24ClN3O5. The first-order valence-corrected chi connectivity index (χ1v) is 10.2. The number of nitrogens with zero attached hydrogens (tertiary/aromatic N) is 3. The van der Waals surface area contributed by atoms with Crippen LogP contribution >= 0.6 is 11.6 Å². The molecule has 8 nitrogen and oxygen atoms in total. The van der Waals surface area contributed by atoms with Gasteiger partial charge in [-0.1, -0.05) is 47.1 Å². The van der Waals surface area contributed by atoms with Crippen LogP contribution in [0.4, 0.5) is 0 Å². The first-order chi connectivity index (χ1) is 15.3. The van der Waals surface area contributed by atoms with Crippen molar-refractivity contribution in [3.05, 3.63) is 69.9 Å². The van der Waals surface area contributed by atoms with E-state index in [4.69, 9.17) is 31.0 Å². The Kier molecular flexibility index (Phi) is 7.37. The van der Waals surface area contributed by atoms with Gasteiger partial charge >= 0.3 is 5.97 Å². The van der Waals surface area contributed by atoms with Gasteiger partial charge in [-0.3, -0.25) is 0 Å². The van der Waals surface area contributed by atoms with Gasteiger partial charge in [0.05, 0.1) is 16.9 Å². The summed E-state index contributed by atoms with van der Waals surface area (Å²) in [5, 5.41) is 17.8. The summed E-state index contributed by atoms with van der Waals surface area (Å²) in [6, 6.07) is 12.7. The van der Waals surface area contributed by atoms with Crippen molar-refractivity contribution in [1.29, 1.82) is 0 Å². The van der Waals surface area contributed by atoms with E-state index >= 15 is 0 Å². The lowest BCUT2D eigenvalue weighted by Gasteiger charge is -2.16. The van der Waals surface area contributed by atoms with Crippen molar-refractivity contribution in [3.8, 4) is 17.4 Å². The topological polar surface area (TPSA) is 95.2 Å². The number of oxime groups is 1. The van der Waals surface area contributed by atoms with E-state index in [1.807, 2.05) is 44.2 Å². The van der Waals surface area contributed by atoms with Gasteiger partial charge in [0, 0.05) is 24.2 Å². The Morgan fingerprint density at radius 1 is 1.25 bits per heavy atom. The number of hydrogen-bond donors (Lipinski definition) is 1. The zero-order valence-electron chi connectivity index (χ0n) is 18.2. The van der Waals surface area contributed by atoms with Crippen LogP contribution in [0.2, 0.25) is 5.02 Å². The number of carboxylic acid groups (broad SMARTS) is 1. The zero-order valence-corrected chi connectivity index (χ0v) is 19.0. The molecule has 2 aromatic carbocycles. The first kappa shape index (κ1) is 23.1. The monoisotopic (exact) mass is 457 g/mol. The van der Waals surface area contributed by atoms with E-state index < -0.39 is 12.1 Å². The minimum atomic E-state index is -1.11. The van der Waals surface area contributed by atoms with Gasteiger partial charge in [0.25, 0.3) is 0 Å². The maximum atomic E-state index is 11.2. The molecule has 3 rings (SSSR count). The fourth-order valence-electron chi connectivity index (χ4n) is 2.84. The van der Waals surface area contributed by atoms with Crippen LogP contribution in [-0.2, 0) is 23.3 Å². The summed E-state index contributed by atoms with van der Waals surface area (Å²) >= 11 is 6.33. The van der Waals surface area contributed by atoms with Crippen LogP contribution in [-0.4, -0.2) is 33.2 Å². The van der Waals surface area contributed by atoms with Gasteiger partial charge in [-0.25, -0.2) is 9.48 Å². The van der Waals surface area contributed by atoms with Gasteiger partial charge in [0.1, 0.15) is 18.1 Å². The molecule has 0 bridgehead atoms. The van der Waals surface area contributed by atoms with E-state index in [-0.39, 0.29) is 10.8 Å². The van der Waals surface area contributed by atoms with Gasteiger partial charge in [-0.2, -0.15) is 5.10 Å². The quantitative estimate of drug-likeness (QED) is 0.363. The second-order valence-electron chi connectivity index (χ2n) is 7.15. The molecule has 168 valence electrons. The third kappa shape index (κ3) is 5.59. The Balaban J connectivity index is 1.90. The third-order valence-corrected chi connectivity index (χ3v) is 5.02. The normalized spacial score (nSPS) is 12.0. The number of aliphatic carboxylic acids is 1. The summed E-state index contributed by atoms with van der Waals surface area (Å²) in [5.41, 5.74) is 3.20. The summed E-state index contributed by atoms with van der Waals surface area (Å²) < 4.78 is 13.2. The van der Waals surface area contributed by atoms with Gasteiger partial charge in [-0.05, 0) is 32.4 Å². The average molecular weight is 458 g/mol. The molecule has 0 fully saturated rings. The maximum absolute atomic E-state index is 11.2. The van der Waals surface area contributed by atoms with E-state index in [9.17, 15) is 4.79 Å². The van der Waals surface area contributed by atoms with Crippen LogP contribution in [0.3, 0.4) is 0 Å². The number of aromatic nitrogens is 2. The molecule has 1 N–H and O–H groups in total. The minimum absolute atomic E-state index is 0.176. The molecule has 0 aliphatic rings. The molecule has 0 aliphatic carbocycles. The molecule has 0 amide bonds. The predicted octanol–water partition coefficient (Wildman–Crippen LogP) is 4.89. The number of hydrogen-bond acceptors (Lipinski definition) is 6. The largest absolute Gasteiger partial charge is 0.479 e.